The van der Waals surface area contributed by atoms with E-state index in [2.05, 4.69) is 10.6 Å². The molecule has 0 radical (unpaired) electrons. The number of rotatable bonds is 7. The van der Waals surface area contributed by atoms with Gasteiger partial charge >= 0.3 is 0 Å². The van der Waals surface area contributed by atoms with Gasteiger partial charge < -0.3 is 15.5 Å². The highest BCUT2D eigenvalue weighted by Crippen LogP contribution is 2.11. The first-order valence-corrected chi connectivity index (χ1v) is 7.92. The number of para-hydroxylation sites is 1. The van der Waals surface area contributed by atoms with Gasteiger partial charge in [0.25, 0.3) is 0 Å². The van der Waals surface area contributed by atoms with Crippen molar-refractivity contribution < 1.29 is 9.59 Å². The summed E-state index contributed by atoms with van der Waals surface area (Å²) in [5.74, 6) is 0.0247. The fraction of sp³-hybridized carbons (Fsp3) is 0.263. The van der Waals surface area contributed by atoms with E-state index in [4.69, 9.17) is 0 Å². The summed E-state index contributed by atoms with van der Waals surface area (Å²) in [6.07, 6.45) is 1.21. The first-order valence-electron chi connectivity index (χ1n) is 7.92. The average Bonchev–Trinajstić information content (AvgIpc) is 2.59. The summed E-state index contributed by atoms with van der Waals surface area (Å²) in [6.45, 7) is 0.202. The third-order valence-corrected chi connectivity index (χ3v) is 3.59. The van der Waals surface area contributed by atoms with Crippen molar-refractivity contribution in [3.8, 4) is 0 Å². The Hall–Kier alpha value is -2.82. The van der Waals surface area contributed by atoms with Crippen molar-refractivity contribution in [2.45, 2.75) is 12.8 Å². The van der Waals surface area contributed by atoms with Gasteiger partial charge in [-0.05, 0) is 36.2 Å². The van der Waals surface area contributed by atoms with Crippen LogP contribution in [0.4, 0.5) is 11.4 Å². The zero-order chi connectivity index (χ0) is 17.4. The molecular formula is C19H23N3O2. The fourth-order valence-corrected chi connectivity index (χ4v) is 2.17. The second-order valence-electron chi connectivity index (χ2n) is 5.75. The molecule has 0 spiro atoms. The predicted octanol–water partition coefficient (Wildman–Crippen LogP) is 2.76. The lowest BCUT2D eigenvalue weighted by atomic mass is 10.1. The van der Waals surface area contributed by atoms with Gasteiger partial charge in [0, 0.05) is 31.9 Å². The molecule has 24 heavy (non-hydrogen) atoms. The van der Waals surface area contributed by atoms with Gasteiger partial charge in [-0.15, -0.1) is 0 Å². The van der Waals surface area contributed by atoms with Crippen LogP contribution in [0.3, 0.4) is 0 Å². The highest BCUT2D eigenvalue weighted by molar-refractivity contribution is 5.93. The smallest absolute Gasteiger partial charge is 0.243 e. The number of hydrogen-bond donors (Lipinski definition) is 2. The number of hydrogen-bond acceptors (Lipinski definition) is 3. The molecule has 0 aliphatic rings. The Morgan fingerprint density at radius 1 is 0.917 bits per heavy atom. The molecule has 2 rings (SSSR count). The van der Waals surface area contributed by atoms with Gasteiger partial charge in [0.1, 0.15) is 0 Å². The number of anilines is 2. The van der Waals surface area contributed by atoms with Gasteiger partial charge in [0.2, 0.25) is 11.8 Å². The Bertz CT molecular complexity index is 667. The molecule has 0 aliphatic heterocycles. The van der Waals surface area contributed by atoms with Crippen molar-refractivity contribution in [1.82, 2.24) is 4.90 Å². The quantitative estimate of drug-likeness (QED) is 0.823. The maximum absolute atomic E-state index is 11.9. The monoisotopic (exact) mass is 325 g/mol. The number of carbonyl (C=O) groups is 2. The van der Waals surface area contributed by atoms with Crippen LogP contribution in [-0.2, 0) is 16.0 Å². The van der Waals surface area contributed by atoms with Crippen LogP contribution in [0.5, 0.6) is 0 Å². The minimum atomic E-state index is -0.0955. The molecule has 2 N–H and O–H groups in total. The largest absolute Gasteiger partial charge is 0.376 e. The van der Waals surface area contributed by atoms with Crippen molar-refractivity contribution in [2.24, 2.45) is 0 Å². The maximum atomic E-state index is 11.9. The van der Waals surface area contributed by atoms with E-state index in [1.807, 2.05) is 54.6 Å². The van der Waals surface area contributed by atoms with E-state index in [-0.39, 0.29) is 18.4 Å². The first kappa shape index (κ1) is 17.5. The van der Waals surface area contributed by atoms with Crippen molar-refractivity contribution in [1.29, 1.82) is 0 Å². The molecule has 0 aromatic heterocycles. The normalized spacial score (nSPS) is 10.1. The Balaban J connectivity index is 1.77. The zero-order valence-corrected chi connectivity index (χ0v) is 14.1. The lowest BCUT2D eigenvalue weighted by Gasteiger charge is -2.10. The summed E-state index contributed by atoms with van der Waals surface area (Å²) in [5.41, 5.74) is 2.76. The average molecular weight is 325 g/mol. The highest BCUT2D eigenvalue weighted by atomic mass is 16.2. The van der Waals surface area contributed by atoms with E-state index >= 15 is 0 Å². The molecule has 126 valence electrons. The molecular weight excluding hydrogens is 302 g/mol. The number of aryl methyl sites for hydroxylation is 1. The molecule has 0 unspecified atom stereocenters. The van der Waals surface area contributed by atoms with Crippen LogP contribution < -0.4 is 10.6 Å². The third kappa shape index (κ3) is 5.76. The van der Waals surface area contributed by atoms with Crippen LogP contribution in [0.1, 0.15) is 12.0 Å². The van der Waals surface area contributed by atoms with Gasteiger partial charge in [-0.25, -0.2) is 0 Å². The zero-order valence-electron chi connectivity index (χ0n) is 14.1. The van der Waals surface area contributed by atoms with Gasteiger partial charge in [0.15, 0.2) is 0 Å². The van der Waals surface area contributed by atoms with Crippen LogP contribution in [0, 0.1) is 0 Å². The Labute approximate surface area is 142 Å². The Kier molecular flexibility index (Phi) is 6.37. The molecule has 0 saturated heterocycles. The summed E-state index contributed by atoms with van der Waals surface area (Å²) in [5, 5.41) is 5.91. The molecule has 0 heterocycles. The van der Waals surface area contributed by atoms with E-state index in [1.54, 1.807) is 19.0 Å². The van der Waals surface area contributed by atoms with Gasteiger partial charge in [0.05, 0.1) is 6.54 Å². The van der Waals surface area contributed by atoms with Crippen LogP contribution >= 0.6 is 0 Å². The van der Waals surface area contributed by atoms with E-state index in [9.17, 15) is 9.59 Å². The number of nitrogens with zero attached hydrogens (tertiary/aromatic N) is 1. The van der Waals surface area contributed by atoms with Crippen molar-refractivity contribution >= 4 is 23.2 Å². The van der Waals surface area contributed by atoms with Crippen molar-refractivity contribution in [2.75, 3.05) is 31.3 Å². The van der Waals surface area contributed by atoms with E-state index < -0.39 is 0 Å². The number of benzene rings is 2. The minimum Gasteiger partial charge on any atom is -0.376 e. The molecule has 2 aromatic carbocycles. The summed E-state index contributed by atoms with van der Waals surface area (Å²) >= 11 is 0. The maximum Gasteiger partial charge on any atom is 0.243 e. The molecule has 0 saturated carbocycles. The number of carbonyl (C=O) groups excluding carboxylic acids is 2. The third-order valence-electron chi connectivity index (χ3n) is 3.59. The minimum absolute atomic E-state index is 0.0955. The lowest BCUT2D eigenvalue weighted by Crippen LogP contribution is -2.22. The molecule has 0 aliphatic carbocycles. The van der Waals surface area contributed by atoms with Crippen LogP contribution in [0.2, 0.25) is 0 Å². The number of nitrogens with one attached hydrogen (secondary N) is 2. The lowest BCUT2D eigenvalue weighted by molar-refractivity contribution is -0.128. The molecule has 2 aromatic rings. The Morgan fingerprint density at radius 3 is 2.21 bits per heavy atom. The molecule has 5 nitrogen and oxygen atoms in total. The van der Waals surface area contributed by atoms with E-state index in [0.29, 0.717) is 12.8 Å². The topological polar surface area (TPSA) is 61.4 Å². The summed E-state index contributed by atoms with van der Waals surface area (Å²) in [7, 11) is 3.52. The van der Waals surface area contributed by atoms with Crippen molar-refractivity contribution in [3.63, 3.8) is 0 Å². The summed E-state index contributed by atoms with van der Waals surface area (Å²) < 4.78 is 0. The van der Waals surface area contributed by atoms with Crippen LogP contribution in [-0.4, -0.2) is 37.4 Å². The molecule has 0 fully saturated rings. The highest BCUT2D eigenvalue weighted by Gasteiger charge is 2.05. The second kappa shape index (κ2) is 8.72. The summed E-state index contributed by atoms with van der Waals surface area (Å²) in [6, 6.07) is 17.1. The van der Waals surface area contributed by atoms with E-state index in [1.165, 1.54) is 0 Å². The van der Waals surface area contributed by atoms with Gasteiger partial charge in [-0.1, -0.05) is 30.3 Å². The molecule has 5 heteroatoms. The van der Waals surface area contributed by atoms with Crippen LogP contribution in [0.15, 0.2) is 54.6 Å². The Morgan fingerprint density at radius 2 is 1.58 bits per heavy atom. The molecule has 0 atom stereocenters. The fourth-order valence-electron chi connectivity index (χ4n) is 2.17. The van der Waals surface area contributed by atoms with Crippen molar-refractivity contribution in [3.05, 3.63) is 60.2 Å². The first-order chi connectivity index (χ1) is 11.5. The molecule has 2 amide bonds. The van der Waals surface area contributed by atoms with Crippen LogP contribution in [0.25, 0.3) is 0 Å². The second-order valence-corrected chi connectivity index (χ2v) is 5.75. The van der Waals surface area contributed by atoms with E-state index in [0.717, 1.165) is 16.9 Å². The SMILES string of the molecule is CN(C)C(=O)CCc1ccc(NCC(=O)Nc2ccccc2)cc1. The van der Waals surface area contributed by atoms with Gasteiger partial charge in [-0.2, -0.15) is 0 Å². The standard InChI is InChI=1S/C19H23N3O2/c1-22(2)19(24)13-10-15-8-11-16(12-9-15)20-14-18(23)21-17-6-4-3-5-7-17/h3-9,11-12,20H,10,13-14H2,1-2H3,(H,21,23). The predicted molar refractivity (Wildman–Crippen MR) is 97.0 cm³/mol. The summed E-state index contributed by atoms with van der Waals surface area (Å²) in [4.78, 5) is 25.1. The number of amides is 2. The molecule has 0 bridgehead atoms. The van der Waals surface area contributed by atoms with Gasteiger partial charge in [-0.3, -0.25) is 9.59 Å².